The zero-order valence-electron chi connectivity index (χ0n) is 23.2. The third-order valence-electron chi connectivity index (χ3n) is 8.03. The quantitative estimate of drug-likeness (QED) is 0.0858. The number of carbonyl (C=O) groups excluding carboxylic acids is 1. The summed E-state index contributed by atoms with van der Waals surface area (Å²) in [6, 6.07) is 40.2. The predicted molar refractivity (Wildman–Crippen MR) is 180 cm³/mol. The molecule has 1 fully saturated rings. The number of carbonyl (C=O) groups is 1. The molecule has 0 bridgehead atoms. The molecule has 4 aromatic carbocycles. The standard InChI is InChI=1S/C36H33NO2S3/c38-30(25-33(39)37-34-31-22-11-10-14-26(31)24-32(34)42-35(37)40)21-12-13-23-41-36(27-15-4-1-5-16-27,28-17-6-2-7-18-28)29-19-8-3-9-20-29/h1-12,14-22,30,32,34,38H,13,23-25H2/b21-12+/t30-,32+,34-/m1/s1. The van der Waals surface area contributed by atoms with Crippen LogP contribution in [0.4, 0.5) is 0 Å². The summed E-state index contributed by atoms with van der Waals surface area (Å²) in [5.74, 6) is 0.725. The lowest BCUT2D eigenvalue weighted by molar-refractivity contribution is -0.130. The summed E-state index contributed by atoms with van der Waals surface area (Å²) in [7, 11) is 0. The number of fused-ring (bicyclic) bond motifs is 3. The van der Waals surface area contributed by atoms with Crippen LogP contribution >= 0.6 is 35.7 Å². The van der Waals surface area contributed by atoms with E-state index in [1.165, 1.54) is 27.8 Å². The second-order valence-electron chi connectivity index (χ2n) is 10.6. The van der Waals surface area contributed by atoms with E-state index in [0.29, 0.717) is 4.32 Å². The van der Waals surface area contributed by atoms with Crippen LogP contribution in [0.3, 0.4) is 0 Å². The molecule has 2 aliphatic rings. The Kier molecular flexibility index (Phi) is 8.96. The van der Waals surface area contributed by atoms with Crippen LogP contribution in [0, 0.1) is 0 Å². The van der Waals surface area contributed by atoms with Crippen molar-refractivity contribution in [2.75, 3.05) is 5.75 Å². The summed E-state index contributed by atoms with van der Waals surface area (Å²) in [6.45, 7) is 0. The Bertz CT molecular complexity index is 1460. The first-order valence-electron chi connectivity index (χ1n) is 14.3. The molecule has 0 radical (unpaired) electrons. The summed E-state index contributed by atoms with van der Waals surface area (Å²) >= 11 is 9.10. The maximum absolute atomic E-state index is 13.3. The molecule has 4 aromatic rings. The van der Waals surface area contributed by atoms with Gasteiger partial charge in [0, 0.05) is 5.25 Å². The Hall–Kier alpha value is -3.16. The molecule has 1 aliphatic carbocycles. The van der Waals surface area contributed by atoms with Crippen LogP contribution in [0.25, 0.3) is 0 Å². The number of thioether (sulfide) groups is 2. The highest BCUT2D eigenvalue weighted by atomic mass is 32.2. The minimum absolute atomic E-state index is 0.0255. The van der Waals surface area contributed by atoms with E-state index in [2.05, 4.69) is 103 Å². The van der Waals surface area contributed by atoms with Gasteiger partial charge in [-0.25, -0.2) is 0 Å². The molecule has 212 valence electrons. The number of amides is 1. The van der Waals surface area contributed by atoms with Gasteiger partial charge in [-0.1, -0.05) is 151 Å². The average Bonchev–Trinajstić information content (AvgIpc) is 3.54. The van der Waals surface area contributed by atoms with Gasteiger partial charge in [0.05, 0.1) is 23.3 Å². The fourth-order valence-electron chi connectivity index (χ4n) is 6.15. The first kappa shape index (κ1) is 28.9. The molecule has 42 heavy (non-hydrogen) atoms. The highest BCUT2D eigenvalue weighted by molar-refractivity contribution is 8.23. The van der Waals surface area contributed by atoms with E-state index in [0.717, 1.165) is 18.6 Å². The SMILES string of the molecule is O=C(C[C@H](O)/C=C/CCSC(c1ccccc1)(c1ccccc1)c1ccccc1)N1C(=S)S[C@H]2Cc3ccccc3[C@H]21. The maximum atomic E-state index is 13.3. The average molecular weight is 608 g/mol. The predicted octanol–water partition coefficient (Wildman–Crippen LogP) is 7.94. The Labute approximate surface area is 262 Å². The van der Waals surface area contributed by atoms with Gasteiger partial charge < -0.3 is 5.11 Å². The van der Waals surface area contributed by atoms with Gasteiger partial charge in [0.2, 0.25) is 5.91 Å². The van der Waals surface area contributed by atoms with Gasteiger partial charge in [0.1, 0.15) is 4.32 Å². The summed E-state index contributed by atoms with van der Waals surface area (Å²) in [6.07, 6.45) is 4.62. The van der Waals surface area contributed by atoms with Crippen molar-refractivity contribution >= 4 is 46.0 Å². The molecule has 0 spiro atoms. The summed E-state index contributed by atoms with van der Waals surface area (Å²) < 4.78 is 0.250. The van der Waals surface area contributed by atoms with Crippen molar-refractivity contribution in [2.24, 2.45) is 0 Å². The topological polar surface area (TPSA) is 40.5 Å². The summed E-state index contributed by atoms with van der Waals surface area (Å²) in [5, 5.41) is 11.1. The van der Waals surface area contributed by atoms with Crippen molar-refractivity contribution in [3.8, 4) is 0 Å². The smallest absolute Gasteiger partial charge is 0.231 e. The van der Waals surface area contributed by atoms with Crippen LogP contribution in [0.2, 0.25) is 0 Å². The van der Waals surface area contributed by atoms with Crippen LogP contribution < -0.4 is 0 Å². The van der Waals surface area contributed by atoms with Gasteiger partial charge in [0.25, 0.3) is 0 Å². The van der Waals surface area contributed by atoms with Gasteiger partial charge >= 0.3 is 0 Å². The second-order valence-corrected chi connectivity index (χ2v) is 13.8. The number of hydrogen-bond donors (Lipinski definition) is 1. The molecule has 0 saturated carbocycles. The van der Waals surface area contributed by atoms with Crippen molar-refractivity contribution < 1.29 is 9.90 Å². The highest BCUT2D eigenvalue weighted by Crippen LogP contribution is 2.50. The Morgan fingerprint density at radius 3 is 2.05 bits per heavy atom. The number of rotatable bonds is 10. The van der Waals surface area contributed by atoms with E-state index in [9.17, 15) is 9.90 Å². The van der Waals surface area contributed by atoms with Crippen molar-refractivity contribution in [3.63, 3.8) is 0 Å². The van der Waals surface area contributed by atoms with E-state index in [-0.39, 0.29) is 28.4 Å². The third kappa shape index (κ3) is 5.73. The molecule has 0 unspecified atom stereocenters. The van der Waals surface area contributed by atoms with Crippen LogP contribution in [0.1, 0.15) is 46.7 Å². The summed E-state index contributed by atoms with van der Waals surface area (Å²) in [5.41, 5.74) is 6.16. The number of hydrogen-bond acceptors (Lipinski definition) is 5. The fraction of sp³-hybridized carbons (Fsp3) is 0.222. The molecule has 0 aromatic heterocycles. The Morgan fingerprint density at radius 2 is 1.45 bits per heavy atom. The van der Waals surface area contributed by atoms with E-state index in [1.54, 1.807) is 22.7 Å². The molecule has 1 N–H and O–H groups in total. The molecule has 3 atom stereocenters. The third-order valence-corrected chi connectivity index (χ3v) is 11.2. The van der Waals surface area contributed by atoms with Crippen molar-refractivity contribution in [3.05, 3.63) is 155 Å². The van der Waals surface area contributed by atoms with E-state index in [1.807, 2.05) is 30.0 Å². The maximum Gasteiger partial charge on any atom is 0.231 e. The lowest BCUT2D eigenvalue weighted by Gasteiger charge is -2.35. The van der Waals surface area contributed by atoms with Crippen LogP contribution in [-0.2, 0) is 16.0 Å². The first-order chi connectivity index (χ1) is 20.6. The molecule has 3 nitrogen and oxygen atoms in total. The van der Waals surface area contributed by atoms with Gasteiger partial charge in [-0.2, -0.15) is 0 Å². The summed E-state index contributed by atoms with van der Waals surface area (Å²) in [4.78, 5) is 15.1. The largest absolute Gasteiger partial charge is 0.389 e. The minimum Gasteiger partial charge on any atom is -0.389 e. The zero-order valence-corrected chi connectivity index (χ0v) is 25.7. The second kappa shape index (κ2) is 13.0. The van der Waals surface area contributed by atoms with Crippen LogP contribution in [0.5, 0.6) is 0 Å². The number of benzene rings is 4. The van der Waals surface area contributed by atoms with Crippen molar-refractivity contribution in [1.82, 2.24) is 4.90 Å². The monoisotopic (exact) mass is 607 g/mol. The molecular weight excluding hydrogens is 575 g/mol. The van der Waals surface area contributed by atoms with Gasteiger partial charge in [-0.3, -0.25) is 9.69 Å². The van der Waals surface area contributed by atoms with E-state index >= 15 is 0 Å². The molecule has 1 amide bonds. The van der Waals surface area contributed by atoms with Crippen molar-refractivity contribution in [1.29, 1.82) is 0 Å². The number of aliphatic hydroxyl groups is 1. The first-order valence-corrected chi connectivity index (χ1v) is 16.6. The minimum atomic E-state index is -0.854. The molecule has 6 rings (SSSR count). The lowest BCUT2D eigenvalue weighted by atomic mass is 9.84. The number of nitrogens with zero attached hydrogens (tertiary/aromatic N) is 1. The van der Waals surface area contributed by atoms with Gasteiger partial charge in [-0.05, 0) is 46.4 Å². The number of aliphatic hydroxyl groups excluding tert-OH is 1. The van der Waals surface area contributed by atoms with E-state index in [4.69, 9.17) is 12.2 Å². The highest BCUT2D eigenvalue weighted by Gasteiger charge is 2.47. The molecular formula is C36H33NO2S3. The van der Waals surface area contributed by atoms with Crippen LogP contribution in [0.15, 0.2) is 127 Å². The molecule has 1 heterocycles. The Balaban J connectivity index is 1.13. The van der Waals surface area contributed by atoms with Gasteiger partial charge in [0.15, 0.2) is 0 Å². The Morgan fingerprint density at radius 1 is 0.905 bits per heavy atom. The van der Waals surface area contributed by atoms with Crippen LogP contribution in [-0.4, -0.2) is 37.3 Å². The molecule has 1 saturated heterocycles. The fourth-order valence-corrected chi connectivity index (χ4v) is 9.46. The normalized spacial score (nSPS) is 18.7. The zero-order chi connectivity index (χ0) is 28.9. The molecule has 6 heteroatoms. The molecule has 1 aliphatic heterocycles. The van der Waals surface area contributed by atoms with Gasteiger partial charge in [-0.15, -0.1) is 11.8 Å². The number of thiocarbonyl (C=S) groups is 1. The van der Waals surface area contributed by atoms with E-state index < -0.39 is 6.10 Å². The van der Waals surface area contributed by atoms with Crippen molar-refractivity contribution in [2.45, 2.75) is 41.4 Å². The lowest BCUT2D eigenvalue weighted by Crippen LogP contribution is -2.35. The number of allylic oxidation sites excluding steroid dienone is 1.